The number of aromatic nitrogens is 6. The van der Waals surface area contributed by atoms with Gasteiger partial charge in [0.1, 0.15) is 12.2 Å². The van der Waals surface area contributed by atoms with Crippen molar-refractivity contribution in [1.82, 2.24) is 35.1 Å². The predicted molar refractivity (Wildman–Crippen MR) is 171 cm³/mol. The van der Waals surface area contributed by atoms with E-state index in [0.717, 1.165) is 35.4 Å². The zero-order chi connectivity index (χ0) is 31.3. The van der Waals surface area contributed by atoms with Crippen LogP contribution in [0.5, 0.6) is 0 Å². The highest BCUT2D eigenvalue weighted by molar-refractivity contribution is 6.30. The zero-order valence-corrected chi connectivity index (χ0v) is 25.5. The smallest absolute Gasteiger partial charge is 0.411 e. The maximum Gasteiger partial charge on any atom is 0.411 e. The number of methoxy groups -OCH3 is 1. The van der Waals surface area contributed by atoms with Crippen molar-refractivity contribution in [3.8, 4) is 16.9 Å². The summed E-state index contributed by atoms with van der Waals surface area (Å²) in [5.41, 5.74) is 5.70. The first-order valence-corrected chi connectivity index (χ1v) is 14.9. The zero-order valence-electron chi connectivity index (χ0n) is 24.7. The molecule has 3 aromatic carbocycles. The second-order valence-corrected chi connectivity index (χ2v) is 11.2. The first-order valence-electron chi connectivity index (χ1n) is 14.5. The number of hydrogen-bond donors (Lipinski definition) is 2. The molecule has 0 aliphatic carbocycles. The summed E-state index contributed by atoms with van der Waals surface area (Å²) in [6.07, 6.45) is 6.03. The van der Waals surface area contributed by atoms with Gasteiger partial charge in [0.2, 0.25) is 5.91 Å². The van der Waals surface area contributed by atoms with Gasteiger partial charge in [-0.2, -0.15) is 4.68 Å². The van der Waals surface area contributed by atoms with Gasteiger partial charge in [-0.1, -0.05) is 54.1 Å². The molecule has 0 unspecified atom stereocenters. The molecule has 1 fully saturated rings. The van der Waals surface area contributed by atoms with E-state index >= 15 is 0 Å². The van der Waals surface area contributed by atoms with Crippen LogP contribution in [0.25, 0.3) is 23.0 Å². The lowest BCUT2D eigenvalue weighted by atomic mass is 9.83. The molecule has 0 bridgehead atoms. The second kappa shape index (κ2) is 13.1. The van der Waals surface area contributed by atoms with E-state index in [-0.39, 0.29) is 17.9 Å². The SMILES string of the molecule is COC(=O)Nc1ccc(-c2nc([C@@H]3[C@H](c4ccccc4)CCCN3C(=O)/C=C/c3cc(Cl)ccc3-n3cnnn3)[nH]c2C)cc1. The summed E-state index contributed by atoms with van der Waals surface area (Å²) in [5, 5.41) is 14.6. The Morgan fingerprint density at radius 2 is 1.89 bits per heavy atom. The summed E-state index contributed by atoms with van der Waals surface area (Å²) in [5.74, 6) is 0.606. The van der Waals surface area contributed by atoms with Crippen molar-refractivity contribution in [3.63, 3.8) is 0 Å². The van der Waals surface area contributed by atoms with Gasteiger partial charge in [-0.3, -0.25) is 10.1 Å². The Morgan fingerprint density at radius 1 is 1.09 bits per heavy atom. The van der Waals surface area contributed by atoms with Crippen LogP contribution in [0, 0.1) is 6.92 Å². The first-order chi connectivity index (χ1) is 21.9. The highest BCUT2D eigenvalue weighted by Gasteiger charge is 2.38. The maximum atomic E-state index is 14.0. The van der Waals surface area contributed by atoms with Gasteiger partial charge in [0.05, 0.1) is 24.5 Å². The standard InChI is InChI=1S/C33H31ClN8O3/c1-21-30(23-10-14-26(15-11-23)37-33(44)45-2)38-32(36-21)31-27(22-7-4-3-5-8-22)9-6-18-41(31)29(43)17-12-24-19-25(34)13-16-28(24)42-20-35-39-40-42/h3-5,7-8,10-17,19-20,27,31H,6,9,18H2,1-2H3,(H,36,38)(H,37,44)/b17-12+/t27-,31-/m0/s1. The molecule has 3 heterocycles. The van der Waals surface area contributed by atoms with Gasteiger partial charge in [-0.05, 0) is 72.2 Å². The van der Waals surface area contributed by atoms with E-state index in [9.17, 15) is 9.59 Å². The third-order valence-corrected chi connectivity index (χ3v) is 8.14. The number of carbonyl (C=O) groups excluding carboxylic acids is 2. The van der Waals surface area contributed by atoms with Crippen molar-refractivity contribution >= 4 is 35.4 Å². The number of rotatable bonds is 7. The molecule has 2 atom stereocenters. The van der Waals surface area contributed by atoms with Crippen LogP contribution in [0.2, 0.25) is 5.02 Å². The molecule has 1 saturated heterocycles. The van der Waals surface area contributed by atoms with E-state index < -0.39 is 6.09 Å². The second-order valence-electron chi connectivity index (χ2n) is 10.7. The predicted octanol–water partition coefficient (Wildman–Crippen LogP) is 6.35. The number of halogens is 1. The summed E-state index contributed by atoms with van der Waals surface area (Å²) in [6.45, 7) is 2.55. The molecule has 228 valence electrons. The van der Waals surface area contributed by atoms with Crippen molar-refractivity contribution in [2.75, 3.05) is 19.0 Å². The Morgan fingerprint density at radius 3 is 2.62 bits per heavy atom. The fourth-order valence-corrected chi connectivity index (χ4v) is 5.99. The van der Waals surface area contributed by atoms with Gasteiger partial charge in [0.15, 0.2) is 0 Å². The van der Waals surface area contributed by atoms with Crippen LogP contribution in [0.1, 0.15) is 47.4 Å². The van der Waals surface area contributed by atoms with Crippen molar-refractivity contribution in [2.24, 2.45) is 0 Å². The van der Waals surface area contributed by atoms with E-state index in [1.54, 1.807) is 36.4 Å². The molecular formula is C33H31ClN8O3. The summed E-state index contributed by atoms with van der Waals surface area (Å²) < 4.78 is 6.21. The lowest BCUT2D eigenvalue weighted by molar-refractivity contribution is -0.130. The van der Waals surface area contributed by atoms with Crippen LogP contribution in [0.4, 0.5) is 10.5 Å². The molecule has 12 heteroatoms. The van der Waals surface area contributed by atoms with Crippen LogP contribution in [0.3, 0.4) is 0 Å². The lowest BCUT2D eigenvalue weighted by Gasteiger charge is -2.40. The molecule has 2 N–H and O–H groups in total. The quantitative estimate of drug-likeness (QED) is 0.202. The number of carbonyl (C=O) groups is 2. The molecule has 2 amide bonds. The molecule has 2 aromatic heterocycles. The van der Waals surface area contributed by atoms with Gasteiger partial charge in [0.25, 0.3) is 0 Å². The van der Waals surface area contributed by atoms with Crippen LogP contribution in [0.15, 0.2) is 85.2 Å². The number of amides is 2. The Labute approximate surface area is 264 Å². The average molecular weight is 623 g/mol. The van der Waals surface area contributed by atoms with Gasteiger partial charge in [0, 0.05) is 46.1 Å². The van der Waals surface area contributed by atoms with Gasteiger partial charge < -0.3 is 14.6 Å². The van der Waals surface area contributed by atoms with Crippen molar-refractivity contribution in [2.45, 2.75) is 31.7 Å². The minimum absolute atomic E-state index is 0.0327. The molecule has 0 radical (unpaired) electrons. The summed E-state index contributed by atoms with van der Waals surface area (Å²) >= 11 is 6.31. The van der Waals surface area contributed by atoms with E-state index in [1.165, 1.54) is 18.1 Å². The molecule has 0 spiro atoms. The topological polar surface area (TPSA) is 131 Å². The van der Waals surface area contributed by atoms with E-state index in [2.05, 4.69) is 42.7 Å². The monoisotopic (exact) mass is 622 g/mol. The minimum atomic E-state index is -0.536. The number of tetrazole rings is 1. The molecular weight excluding hydrogens is 592 g/mol. The summed E-state index contributed by atoms with van der Waals surface area (Å²) in [7, 11) is 1.32. The van der Waals surface area contributed by atoms with Crippen LogP contribution in [-0.4, -0.2) is 60.7 Å². The summed E-state index contributed by atoms with van der Waals surface area (Å²) in [6, 6.07) is 22.7. The maximum absolute atomic E-state index is 14.0. The number of anilines is 1. The highest BCUT2D eigenvalue weighted by Crippen LogP contribution is 2.42. The Balaban J connectivity index is 1.34. The summed E-state index contributed by atoms with van der Waals surface area (Å²) in [4.78, 5) is 36.1. The van der Waals surface area contributed by atoms with Crippen LogP contribution < -0.4 is 5.32 Å². The van der Waals surface area contributed by atoms with Gasteiger partial charge in [-0.25, -0.2) is 9.78 Å². The van der Waals surface area contributed by atoms with E-state index in [1.807, 2.05) is 48.2 Å². The number of aromatic amines is 1. The number of hydrogen-bond acceptors (Lipinski definition) is 7. The van der Waals surface area contributed by atoms with E-state index in [4.69, 9.17) is 16.6 Å². The molecule has 1 aliphatic rings. The number of likely N-dealkylation sites (tertiary alicyclic amines) is 1. The van der Waals surface area contributed by atoms with Crippen molar-refractivity contribution in [1.29, 1.82) is 0 Å². The molecule has 45 heavy (non-hydrogen) atoms. The number of ether oxygens (including phenoxy) is 1. The minimum Gasteiger partial charge on any atom is -0.453 e. The van der Waals surface area contributed by atoms with Crippen molar-refractivity contribution in [3.05, 3.63) is 113 Å². The number of piperidine rings is 1. The van der Waals surface area contributed by atoms with Crippen molar-refractivity contribution < 1.29 is 14.3 Å². The number of imidazole rings is 1. The third kappa shape index (κ3) is 6.48. The largest absolute Gasteiger partial charge is 0.453 e. The lowest BCUT2D eigenvalue weighted by Crippen LogP contribution is -2.41. The van der Waals surface area contributed by atoms with E-state index in [0.29, 0.717) is 34.3 Å². The number of nitrogens with one attached hydrogen (secondary N) is 2. The Bertz CT molecular complexity index is 1820. The average Bonchev–Trinajstić information content (AvgIpc) is 3.74. The Kier molecular flexibility index (Phi) is 8.70. The third-order valence-electron chi connectivity index (χ3n) is 7.91. The van der Waals surface area contributed by atoms with Crippen LogP contribution in [-0.2, 0) is 9.53 Å². The molecule has 11 nitrogen and oxygen atoms in total. The molecule has 5 aromatic rings. The highest BCUT2D eigenvalue weighted by atomic mass is 35.5. The number of nitrogens with zero attached hydrogens (tertiary/aromatic N) is 6. The van der Waals surface area contributed by atoms with Crippen LogP contribution >= 0.6 is 11.6 Å². The number of H-pyrrole nitrogens is 1. The first kappa shape index (κ1) is 29.8. The molecule has 6 rings (SSSR count). The van der Waals surface area contributed by atoms with Gasteiger partial charge in [-0.15, -0.1) is 5.10 Å². The number of aryl methyl sites for hydroxylation is 1. The Hall–Kier alpha value is -5.29. The fraction of sp³-hybridized carbons (Fsp3) is 0.212. The fourth-order valence-electron chi connectivity index (χ4n) is 5.81. The number of benzene rings is 3. The molecule has 0 saturated carbocycles. The molecule has 1 aliphatic heterocycles. The normalized spacial score (nSPS) is 16.6. The van der Waals surface area contributed by atoms with Gasteiger partial charge >= 0.3 is 6.09 Å².